The van der Waals surface area contributed by atoms with Crippen LogP contribution in [0.5, 0.6) is 0 Å². The number of hydrogen-bond donors (Lipinski definition) is 1. The fourth-order valence-electron chi connectivity index (χ4n) is 1.86. The maximum atomic E-state index is 5.89. The Morgan fingerprint density at radius 1 is 1.39 bits per heavy atom. The van der Waals surface area contributed by atoms with Crippen molar-refractivity contribution in [2.75, 3.05) is 5.73 Å². The molecule has 0 saturated carbocycles. The Hall–Kier alpha value is -2.44. The van der Waals surface area contributed by atoms with Gasteiger partial charge in [-0.3, -0.25) is 4.57 Å². The molecule has 7 nitrogen and oxygen atoms in total. The number of fused-ring (bicyclic) bond motifs is 1. The van der Waals surface area contributed by atoms with Crippen molar-refractivity contribution in [1.29, 1.82) is 0 Å². The van der Waals surface area contributed by atoms with Crippen LogP contribution in [0, 0.1) is 6.92 Å². The Morgan fingerprint density at radius 3 is 3.06 bits per heavy atom. The van der Waals surface area contributed by atoms with Crippen molar-refractivity contribution in [1.82, 2.24) is 24.7 Å². The largest absolute Gasteiger partial charge is 0.369 e. The van der Waals surface area contributed by atoms with Gasteiger partial charge in [0, 0.05) is 19.2 Å². The van der Waals surface area contributed by atoms with Gasteiger partial charge in [0.2, 0.25) is 12.3 Å². The SMILES string of the molecule is Cc1cnc2c(c1)nc(N)n2CCc1ncon1. The van der Waals surface area contributed by atoms with Crippen molar-refractivity contribution in [3.8, 4) is 0 Å². The van der Waals surface area contributed by atoms with Crippen LogP contribution in [0.25, 0.3) is 11.2 Å². The lowest BCUT2D eigenvalue weighted by Gasteiger charge is -2.03. The highest BCUT2D eigenvalue weighted by atomic mass is 16.5. The van der Waals surface area contributed by atoms with Gasteiger partial charge in [0.25, 0.3) is 0 Å². The third-order valence-electron chi connectivity index (χ3n) is 2.72. The summed E-state index contributed by atoms with van der Waals surface area (Å²) in [6, 6.07) is 1.96. The van der Waals surface area contributed by atoms with E-state index < -0.39 is 0 Å². The average molecular weight is 244 g/mol. The second-order valence-electron chi connectivity index (χ2n) is 4.07. The van der Waals surface area contributed by atoms with E-state index in [4.69, 9.17) is 5.73 Å². The molecule has 3 heterocycles. The van der Waals surface area contributed by atoms with Crippen LogP contribution < -0.4 is 5.73 Å². The van der Waals surface area contributed by atoms with E-state index in [0.29, 0.717) is 24.7 Å². The number of pyridine rings is 1. The zero-order valence-electron chi connectivity index (χ0n) is 9.87. The van der Waals surface area contributed by atoms with Gasteiger partial charge in [0.15, 0.2) is 11.5 Å². The molecule has 0 unspecified atom stereocenters. The first-order valence-corrected chi connectivity index (χ1v) is 5.57. The summed E-state index contributed by atoms with van der Waals surface area (Å²) >= 11 is 0. The van der Waals surface area contributed by atoms with Crippen molar-refractivity contribution in [3.63, 3.8) is 0 Å². The molecule has 3 rings (SSSR count). The van der Waals surface area contributed by atoms with Crippen molar-refractivity contribution >= 4 is 17.1 Å². The number of aryl methyl sites for hydroxylation is 3. The molecule has 18 heavy (non-hydrogen) atoms. The van der Waals surface area contributed by atoms with E-state index >= 15 is 0 Å². The van der Waals surface area contributed by atoms with Crippen molar-refractivity contribution in [3.05, 3.63) is 30.0 Å². The minimum Gasteiger partial charge on any atom is -0.369 e. The second kappa shape index (κ2) is 4.10. The predicted molar refractivity (Wildman–Crippen MR) is 64.7 cm³/mol. The highest BCUT2D eigenvalue weighted by molar-refractivity contribution is 5.74. The summed E-state index contributed by atoms with van der Waals surface area (Å²) in [4.78, 5) is 12.6. The summed E-state index contributed by atoms with van der Waals surface area (Å²) in [5.41, 5.74) is 8.54. The molecular weight excluding hydrogens is 232 g/mol. The van der Waals surface area contributed by atoms with Gasteiger partial charge in [-0.2, -0.15) is 4.98 Å². The Balaban J connectivity index is 1.93. The Labute approximate surface area is 103 Å². The zero-order chi connectivity index (χ0) is 12.5. The lowest BCUT2D eigenvalue weighted by atomic mass is 10.3. The molecule has 0 fully saturated rings. The molecule has 0 aromatic carbocycles. The number of aromatic nitrogens is 5. The molecule has 0 atom stereocenters. The lowest BCUT2D eigenvalue weighted by molar-refractivity contribution is 0.408. The smallest absolute Gasteiger partial charge is 0.213 e. The summed E-state index contributed by atoms with van der Waals surface area (Å²) in [6.45, 7) is 2.60. The average Bonchev–Trinajstić information content (AvgIpc) is 2.93. The summed E-state index contributed by atoms with van der Waals surface area (Å²) < 4.78 is 6.54. The molecular formula is C11H12N6O. The van der Waals surface area contributed by atoms with Gasteiger partial charge in [0.1, 0.15) is 5.52 Å². The molecule has 92 valence electrons. The molecule has 0 saturated heterocycles. The van der Waals surface area contributed by atoms with Crippen LogP contribution in [0.15, 0.2) is 23.2 Å². The Kier molecular flexibility index (Phi) is 2.44. The number of imidazole rings is 1. The van der Waals surface area contributed by atoms with E-state index in [-0.39, 0.29) is 0 Å². The molecule has 0 aliphatic rings. The summed E-state index contributed by atoms with van der Waals surface area (Å²) in [5, 5.41) is 3.76. The summed E-state index contributed by atoms with van der Waals surface area (Å²) in [6.07, 6.45) is 3.74. The fourth-order valence-corrected chi connectivity index (χ4v) is 1.86. The van der Waals surface area contributed by atoms with Crippen LogP contribution in [0.1, 0.15) is 11.4 Å². The van der Waals surface area contributed by atoms with Crippen LogP contribution >= 0.6 is 0 Å². The van der Waals surface area contributed by atoms with Crippen LogP contribution in [-0.2, 0) is 13.0 Å². The van der Waals surface area contributed by atoms with E-state index in [9.17, 15) is 0 Å². The number of nitrogen functional groups attached to an aromatic ring is 1. The molecule has 0 aliphatic heterocycles. The highest BCUT2D eigenvalue weighted by Crippen LogP contribution is 2.16. The number of nitrogens with zero attached hydrogens (tertiary/aromatic N) is 5. The first-order chi connectivity index (χ1) is 8.74. The van der Waals surface area contributed by atoms with Crippen molar-refractivity contribution in [2.24, 2.45) is 0 Å². The maximum Gasteiger partial charge on any atom is 0.213 e. The first kappa shape index (κ1) is 10.7. The molecule has 0 amide bonds. The van der Waals surface area contributed by atoms with Gasteiger partial charge in [-0.25, -0.2) is 9.97 Å². The quantitative estimate of drug-likeness (QED) is 0.736. The van der Waals surface area contributed by atoms with E-state index in [1.165, 1.54) is 6.39 Å². The maximum absolute atomic E-state index is 5.89. The molecule has 0 bridgehead atoms. The number of anilines is 1. The monoisotopic (exact) mass is 244 g/mol. The van der Waals surface area contributed by atoms with Crippen LogP contribution in [0.2, 0.25) is 0 Å². The standard InChI is InChI=1S/C11H12N6O/c1-7-4-8-10(13-5-7)17(11(12)15-8)3-2-9-14-6-18-16-9/h4-6H,2-3H2,1H3,(H2,12,15). The van der Waals surface area contributed by atoms with E-state index in [2.05, 4.69) is 24.6 Å². The lowest BCUT2D eigenvalue weighted by Crippen LogP contribution is -2.07. The third kappa shape index (κ3) is 1.79. The number of nitrogens with two attached hydrogens (primary N) is 1. The van der Waals surface area contributed by atoms with Gasteiger partial charge in [-0.1, -0.05) is 5.16 Å². The number of hydrogen-bond acceptors (Lipinski definition) is 6. The normalized spacial score (nSPS) is 11.2. The van der Waals surface area contributed by atoms with Gasteiger partial charge < -0.3 is 10.3 Å². The van der Waals surface area contributed by atoms with Gasteiger partial charge in [0.05, 0.1) is 0 Å². The van der Waals surface area contributed by atoms with Crippen LogP contribution in [0.3, 0.4) is 0 Å². The highest BCUT2D eigenvalue weighted by Gasteiger charge is 2.10. The topological polar surface area (TPSA) is 95.7 Å². The third-order valence-corrected chi connectivity index (χ3v) is 2.72. The summed E-state index contributed by atoms with van der Waals surface area (Å²) in [5.74, 6) is 1.09. The minimum atomic E-state index is 0.451. The van der Waals surface area contributed by atoms with Crippen LogP contribution in [-0.4, -0.2) is 24.7 Å². The zero-order valence-corrected chi connectivity index (χ0v) is 9.87. The molecule has 0 aliphatic carbocycles. The van der Waals surface area contributed by atoms with Gasteiger partial charge in [-0.15, -0.1) is 0 Å². The summed E-state index contributed by atoms with van der Waals surface area (Å²) in [7, 11) is 0. The fraction of sp³-hybridized carbons (Fsp3) is 0.273. The Bertz CT molecular complexity index is 672. The molecule has 0 radical (unpaired) electrons. The van der Waals surface area contributed by atoms with Gasteiger partial charge >= 0.3 is 0 Å². The minimum absolute atomic E-state index is 0.451. The first-order valence-electron chi connectivity index (χ1n) is 5.57. The van der Waals surface area contributed by atoms with E-state index in [1.807, 2.05) is 17.6 Å². The van der Waals surface area contributed by atoms with Crippen molar-refractivity contribution < 1.29 is 4.52 Å². The molecule has 3 aromatic heterocycles. The van der Waals surface area contributed by atoms with E-state index in [0.717, 1.165) is 16.7 Å². The predicted octanol–water partition coefficient (Wildman–Crippen LogP) is 0.948. The Morgan fingerprint density at radius 2 is 2.28 bits per heavy atom. The molecule has 3 aromatic rings. The second-order valence-corrected chi connectivity index (χ2v) is 4.07. The van der Waals surface area contributed by atoms with Gasteiger partial charge in [-0.05, 0) is 18.6 Å². The van der Waals surface area contributed by atoms with Crippen molar-refractivity contribution in [2.45, 2.75) is 19.9 Å². The molecule has 7 heteroatoms. The molecule has 0 spiro atoms. The van der Waals surface area contributed by atoms with E-state index in [1.54, 1.807) is 6.20 Å². The number of rotatable bonds is 3. The van der Waals surface area contributed by atoms with Crippen LogP contribution in [0.4, 0.5) is 5.95 Å². The molecule has 2 N–H and O–H groups in total.